The van der Waals surface area contributed by atoms with E-state index >= 15 is 8.78 Å². The van der Waals surface area contributed by atoms with Crippen LogP contribution in [0.3, 0.4) is 0 Å². The van der Waals surface area contributed by atoms with Crippen molar-refractivity contribution in [1.29, 1.82) is 0 Å². The van der Waals surface area contributed by atoms with Crippen LogP contribution in [0.1, 0.15) is 106 Å². The molecule has 4 aliphatic heterocycles. The fourth-order valence-corrected chi connectivity index (χ4v) is 8.95. The second-order valence-corrected chi connectivity index (χ2v) is 17.0. The highest BCUT2D eigenvalue weighted by atomic mass is 19.3. The van der Waals surface area contributed by atoms with Gasteiger partial charge in [-0.25, -0.2) is 27.5 Å². The standard InChI is InChI=1S/C41H40F4N8O7/c1-39(2,59)32-28(48-35(55)26-5-3-4-25(46-26)23-14-41(23,44)45)16-51-15-27(47-34(51)33(32)43)20-8-10-50(11-9-20)17-40(60)18-52(19-40)30-13-22-21(12-24(30)42)37(57)53(38(22)58)29-6-7-31(54)49-36(29)56/h3-5,12-13,15-16,20,23,29,59-60H,6-11,14,17-19H2,1-2H3,(H,48,55)(H,49,54,56). The van der Waals surface area contributed by atoms with Crippen molar-refractivity contribution in [3.05, 3.63) is 88.1 Å². The van der Waals surface area contributed by atoms with E-state index in [2.05, 4.69) is 25.5 Å². The molecule has 0 bridgehead atoms. The summed E-state index contributed by atoms with van der Waals surface area (Å²) in [6.07, 6.45) is 3.88. The number of pyridine rings is 2. The van der Waals surface area contributed by atoms with Crippen LogP contribution in [0.5, 0.6) is 0 Å². The van der Waals surface area contributed by atoms with Gasteiger partial charge in [0.2, 0.25) is 11.8 Å². The summed E-state index contributed by atoms with van der Waals surface area (Å²) in [5, 5.41) is 27.1. The van der Waals surface area contributed by atoms with Gasteiger partial charge in [-0.05, 0) is 70.5 Å². The average Bonchev–Trinajstić information content (AvgIpc) is 3.48. The number of nitrogens with zero attached hydrogens (tertiary/aromatic N) is 6. The molecule has 1 aliphatic carbocycles. The summed E-state index contributed by atoms with van der Waals surface area (Å²) in [6.45, 7) is 4.20. The zero-order valence-corrected chi connectivity index (χ0v) is 32.5. The lowest BCUT2D eigenvalue weighted by Gasteiger charge is -2.50. The van der Waals surface area contributed by atoms with E-state index in [1.807, 2.05) is 0 Å². The number of imide groups is 2. The van der Waals surface area contributed by atoms with Crippen LogP contribution in [-0.2, 0) is 15.2 Å². The summed E-state index contributed by atoms with van der Waals surface area (Å²) < 4.78 is 60.4. The summed E-state index contributed by atoms with van der Waals surface area (Å²) in [7, 11) is 0. The minimum atomic E-state index is -2.88. The lowest BCUT2D eigenvalue weighted by Crippen LogP contribution is -2.67. The van der Waals surface area contributed by atoms with Crippen molar-refractivity contribution in [2.75, 3.05) is 42.9 Å². The van der Waals surface area contributed by atoms with Gasteiger partial charge in [-0.15, -0.1) is 0 Å². The first-order valence-corrected chi connectivity index (χ1v) is 19.6. The minimum absolute atomic E-state index is 0.0304. The molecule has 314 valence electrons. The van der Waals surface area contributed by atoms with Gasteiger partial charge in [0.1, 0.15) is 23.2 Å². The molecule has 4 fully saturated rings. The van der Waals surface area contributed by atoms with Crippen molar-refractivity contribution in [2.45, 2.75) is 81.0 Å². The molecule has 0 radical (unpaired) electrons. The molecular weight excluding hydrogens is 792 g/mol. The van der Waals surface area contributed by atoms with Crippen LogP contribution >= 0.6 is 0 Å². The number of halogens is 4. The van der Waals surface area contributed by atoms with Gasteiger partial charge in [0.15, 0.2) is 11.5 Å². The molecular formula is C41H40F4N8O7. The van der Waals surface area contributed by atoms with E-state index in [0.717, 1.165) is 11.0 Å². The number of fused-ring (bicyclic) bond motifs is 2. The summed E-state index contributed by atoms with van der Waals surface area (Å²) in [4.78, 5) is 76.8. The summed E-state index contributed by atoms with van der Waals surface area (Å²) in [6, 6.07) is 5.28. The number of hydrogen-bond acceptors (Lipinski definition) is 11. The highest BCUT2D eigenvalue weighted by molar-refractivity contribution is 6.23. The highest BCUT2D eigenvalue weighted by Crippen LogP contribution is 2.55. The van der Waals surface area contributed by atoms with Crippen LogP contribution in [0.2, 0.25) is 0 Å². The van der Waals surface area contributed by atoms with Gasteiger partial charge in [-0.2, -0.15) is 0 Å². The third-order valence-electron chi connectivity index (χ3n) is 12.1. The van der Waals surface area contributed by atoms with Gasteiger partial charge in [-0.3, -0.25) is 34.2 Å². The number of aromatic nitrogens is 3. The number of imidazole rings is 1. The lowest BCUT2D eigenvalue weighted by molar-refractivity contribution is -0.136. The number of carbonyl (C=O) groups is 5. The van der Waals surface area contributed by atoms with E-state index in [1.54, 1.807) is 11.1 Å². The maximum absolute atomic E-state index is 16.2. The van der Waals surface area contributed by atoms with E-state index < -0.39 is 70.3 Å². The van der Waals surface area contributed by atoms with Crippen LogP contribution in [-0.4, -0.2) is 114 Å². The molecule has 1 aromatic carbocycles. The molecule has 4 N–H and O–H groups in total. The average molecular weight is 833 g/mol. The van der Waals surface area contributed by atoms with E-state index in [-0.39, 0.29) is 89.9 Å². The van der Waals surface area contributed by atoms with Gasteiger partial charge in [0.05, 0.1) is 45.4 Å². The Labute approximate surface area is 339 Å². The van der Waals surface area contributed by atoms with E-state index in [1.165, 1.54) is 48.7 Å². The van der Waals surface area contributed by atoms with Crippen LogP contribution in [0.15, 0.2) is 42.7 Å². The first-order chi connectivity index (χ1) is 28.3. The quantitative estimate of drug-likeness (QED) is 0.143. The molecule has 5 aliphatic rings. The number of rotatable bonds is 9. The molecule has 9 rings (SSSR count). The Morgan fingerprint density at radius 3 is 2.32 bits per heavy atom. The van der Waals surface area contributed by atoms with Crippen molar-refractivity contribution in [3.63, 3.8) is 0 Å². The number of piperidine rings is 2. The number of alkyl halides is 2. The van der Waals surface area contributed by atoms with Gasteiger partial charge in [0.25, 0.3) is 23.6 Å². The SMILES string of the molecule is CC(C)(O)c1c(NC(=O)c2cccc(C3CC3(F)F)n2)cn2cc(C3CCN(CC4(O)CN(c5cc6c(cc5F)C(=O)N(C5CCC(=O)NC5=O)C6=O)C4)CC3)nc2c1F. The Hall–Kier alpha value is -5.79. The molecule has 15 nitrogen and oxygen atoms in total. The number of hydrogen-bond donors (Lipinski definition) is 4. The van der Waals surface area contributed by atoms with Gasteiger partial charge >= 0.3 is 0 Å². The largest absolute Gasteiger partial charge is 0.386 e. The molecule has 3 aromatic heterocycles. The Bertz CT molecular complexity index is 2530. The second kappa shape index (κ2) is 13.9. The number of β-amino-alcohol motifs (C(OH)–C–C–N with tert-alkyl or cyclic N) is 1. The molecule has 1 saturated carbocycles. The number of likely N-dealkylation sites (tertiary alicyclic amines) is 1. The highest BCUT2D eigenvalue weighted by Gasteiger charge is 2.58. The van der Waals surface area contributed by atoms with Crippen molar-refractivity contribution in [2.24, 2.45) is 0 Å². The minimum Gasteiger partial charge on any atom is -0.386 e. The van der Waals surface area contributed by atoms with Crippen molar-refractivity contribution in [3.8, 4) is 0 Å². The number of amides is 5. The zero-order valence-electron chi connectivity index (χ0n) is 32.5. The molecule has 7 heterocycles. The Kier molecular flexibility index (Phi) is 9.18. The Balaban J connectivity index is 0.843. The van der Waals surface area contributed by atoms with E-state index in [9.17, 15) is 43.0 Å². The summed E-state index contributed by atoms with van der Waals surface area (Å²) >= 11 is 0. The Morgan fingerprint density at radius 1 is 0.983 bits per heavy atom. The van der Waals surface area contributed by atoms with E-state index in [0.29, 0.717) is 31.6 Å². The van der Waals surface area contributed by atoms with Crippen molar-refractivity contribution >= 4 is 46.6 Å². The number of aliphatic hydroxyl groups is 2. The first-order valence-electron chi connectivity index (χ1n) is 19.6. The van der Waals surface area contributed by atoms with Gasteiger partial charge in [0, 0.05) is 56.4 Å². The smallest absolute Gasteiger partial charge is 0.274 e. The lowest BCUT2D eigenvalue weighted by atomic mass is 9.89. The number of anilines is 2. The molecule has 2 atom stereocenters. The molecule has 19 heteroatoms. The summed E-state index contributed by atoms with van der Waals surface area (Å²) in [5.41, 5.74) is -2.96. The number of nitrogens with one attached hydrogen (secondary N) is 2. The van der Waals surface area contributed by atoms with Crippen LogP contribution < -0.4 is 15.5 Å². The van der Waals surface area contributed by atoms with Gasteiger partial charge < -0.3 is 29.7 Å². The predicted octanol–water partition coefficient (Wildman–Crippen LogP) is 3.44. The number of carbonyl (C=O) groups excluding carboxylic acids is 5. The van der Waals surface area contributed by atoms with E-state index in [4.69, 9.17) is 0 Å². The number of benzene rings is 1. The monoisotopic (exact) mass is 832 g/mol. The topological polar surface area (TPSA) is 190 Å². The normalized spacial score (nSPS) is 22.9. The Morgan fingerprint density at radius 2 is 1.67 bits per heavy atom. The first kappa shape index (κ1) is 39.7. The molecule has 4 aromatic rings. The second-order valence-electron chi connectivity index (χ2n) is 17.0. The predicted molar refractivity (Wildman–Crippen MR) is 204 cm³/mol. The zero-order chi connectivity index (χ0) is 42.6. The van der Waals surface area contributed by atoms with Gasteiger partial charge in [-0.1, -0.05) is 6.07 Å². The maximum Gasteiger partial charge on any atom is 0.274 e. The fourth-order valence-electron chi connectivity index (χ4n) is 8.95. The molecule has 0 spiro atoms. The fraction of sp³-hybridized carbons (Fsp3) is 0.439. The molecule has 60 heavy (non-hydrogen) atoms. The third-order valence-corrected chi connectivity index (χ3v) is 12.1. The van der Waals surface area contributed by atoms with Crippen molar-refractivity contribution in [1.82, 2.24) is 29.5 Å². The third kappa shape index (κ3) is 6.87. The van der Waals surface area contributed by atoms with Crippen LogP contribution in [0.4, 0.5) is 28.9 Å². The molecule has 2 unspecified atom stereocenters. The van der Waals surface area contributed by atoms with Crippen LogP contribution in [0.25, 0.3) is 5.65 Å². The van der Waals surface area contributed by atoms with Crippen LogP contribution in [0, 0.1) is 11.6 Å². The summed E-state index contributed by atoms with van der Waals surface area (Å²) in [5.74, 6) is -9.27. The van der Waals surface area contributed by atoms with Crippen molar-refractivity contribution < 1.29 is 51.7 Å². The molecule has 3 saturated heterocycles. The maximum atomic E-state index is 16.2. The molecule has 5 amide bonds.